The fraction of sp³-hybridized carbons (Fsp3) is 0.778. The molecule has 1 aliphatic heterocycles. The number of hydrogen-bond donors (Lipinski definition) is 2. The number of unbranched alkanes of at least 4 members (excludes halogenated alkanes) is 1. The van der Waals surface area contributed by atoms with Crippen LogP contribution < -0.4 is 10.6 Å². The zero-order chi connectivity index (χ0) is 36.2. The van der Waals surface area contributed by atoms with Crippen LogP contribution in [0.4, 0.5) is 0 Å². The third-order valence-corrected chi connectivity index (χ3v) is 10.9. The Morgan fingerprint density at radius 3 is 2.33 bits per heavy atom. The minimum atomic E-state index is -0.774. The van der Waals surface area contributed by atoms with E-state index >= 15 is 0 Å². The number of ether oxygens (including phenoxy) is 2. The smallest absolute Gasteiger partial charge is 0.308 e. The number of aromatic nitrogens is 1. The van der Waals surface area contributed by atoms with Gasteiger partial charge in [0, 0.05) is 37.9 Å². The molecule has 4 atom stereocenters. The normalized spacial score (nSPS) is 21.8. The number of likely N-dealkylation sites (tertiary alicyclic amines) is 1. The maximum Gasteiger partial charge on any atom is 0.308 e. The van der Waals surface area contributed by atoms with Gasteiger partial charge in [0.2, 0.25) is 11.8 Å². The molecule has 2 N–H and O–H groups in total. The van der Waals surface area contributed by atoms with E-state index < -0.39 is 18.1 Å². The van der Waals surface area contributed by atoms with E-state index in [1.165, 1.54) is 25.4 Å². The minimum absolute atomic E-state index is 0.0127. The minimum Gasteiger partial charge on any atom is -0.469 e. The van der Waals surface area contributed by atoms with Crippen molar-refractivity contribution in [2.45, 2.75) is 136 Å². The topological polar surface area (TPSA) is 147 Å². The predicted octanol–water partition coefficient (Wildman–Crippen LogP) is 4.88. The van der Waals surface area contributed by atoms with Gasteiger partial charge >= 0.3 is 11.9 Å². The van der Waals surface area contributed by atoms with Gasteiger partial charge in [0.05, 0.1) is 19.1 Å². The highest BCUT2D eigenvalue weighted by Gasteiger charge is 2.37. The Morgan fingerprint density at radius 2 is 1.73 bits per heavy atom. The summed E-state index contributed by atoms with van der Waals surface area (Å²) in [4.78, 5) is 73.5. The lowest BCUT2D eigenvalue weighted by molar-refractivity contribution is -0.149. The molecular weight excluding hydrogens is 646 g/mol. The van der Waals surface area contributed by atoms with Gasteiger partial charge in [0.1, 0.15) is 16.7 Å². The van der Waals surface area contributed by atoms with Gasteiger partial charge in [0.25, 0.3) is 5.91 Å². The fourth-order valence-corrected chi connectivity index (χ4v) is 7.84. The van der Waals surface area contributed by atoms with E-state index in [1.54, 1.807) is 17.3 Å². The van der Waals surface area contributed by atoms with Gasteiger partial charge in [-0.15, -0.1) is 11.3 Å². The number of piperidine rings is 1. The Labute approximate surface area is 296 Å². The Balaban J connectivity index is 1.71. The van der Waals surface area contributed by atoms with Crippen molar-refractivity contribution in [1.29, 1.82) is 0 Å². The Bertz CT molecular complexity index is 1260. The first kappa shape index (κ1) is 40.4. The van der Waals surface area contributed by atoms with Crippen molar-refractivity contribution in [3.05, 3.63) is 16.1 Å². The number of hydrogen-bond acceptors (Lipinski definition) is 10. The standard InChI is InChI=1S/C36H59N5O7S/c1-9-10-18-41-19-12-11-13-28(41)33(44)39-31(23(4)5)35(45)40(7)29(22(2)3)20-30(48-24(6)42)34-38-27(21-49-34)32(43)37-26-16-14-25(15-17-26)36(46)47-8/h21-23,25-26,28-31H,9-20H2,1-8H3,(H,37,43)(H,39,44)/t25-,26-,28?,29-,30-,31+/m1/s1. The molecule has 2 heterocycles. The van der Waals surface area contributed by atoms with E-state index in [2.05, 4.69) is 27.4 Å². The van der Waals surface area contributed by atoms with Crippen molar-refractivity contribution in [1.82, 2.24) is 25.4 Å². The number of rotatable bonds is 16. The van der Waals surface area contributed by atoms with Crippen LogP contribution in [0.25, 0.3) is 0 Å². The van der Waals surface area contributed by atoms with Crippen LogP contribution in [-0.4, -0.2) is 95.9 Å². The molecule has 0 bridgehead atoms. The fourth-order valence-electron chi connectivity index (χ4n) is 7.00. The van der Waals surface area contributed by atoms with Crippen LogP contribution >= 0.6 is 11.3 Å². The van der Waals surface area contributed by atoms with Crippen LogP contribution in [0.2, 0.25) is 0 Å². The molecule has 49 heavy (non-hydrogen) atoms. The zero-order valence-electron chi connectivity index (χ0n) is 30.8. The van der Waals surface area contributed by atoms with E-state index in [9.17, 15) is 24.0 Å². The molecule has 1 saturated heterocycles. The highest BCUT2D eigenvalue weighted by atomic mass is 32.1. The third kappa shape index (κ3) is 11.5. The molecule has 276 valence electrons. The molecular formula is C36H59N5O7S. The molecule has 1 saturated carbocycles. The number of nitrogens with one attached hydrogen (secondary N) is 2. The predicted molar refractivity (Wildman–Crippen MR) is 189 cm³/mol. The lowest BCUT2D eigenvalue weighted by Crippen LogP contribution is -2.58. The molecule has 13 heteroatoms. The Hall–Kier alpha value is -3.06. The van der Waals surface area contributed by atoms with E-state index in [4.69, 9.17) is 9.47 Å². The highest BCUT2D eigenvalue weighted by Crippen LogP contribution is 2.31. The lowest BCUT2D eigenvalue weighted by Gasteiger charge is -2.38. The van der Waals surface area contributed by atoms with Crippen molar-refractivity contribution >= 4 is 41.0 Å². The van der Waals surface area contributed by atoms with Crippen molar-refractivity contribution in [3.63, 3.8) is 0 Å². The largest absolute Gasteiger partial charge is 0.469 e. The van der Waals surface area contributed by atoms with E-state index in [-0.39, 0.29) is 71.7 Å². The van der Waals surface area contributed by atoms with Crippen LogP contribution in [0, 0.1) is 17.8 Å². The summed E-state index contributed by atoms with van der Waals surface area (Å²) >= 11 is 1.24. The molecule has 1 aliphatic carbocycles. The van der Waals surface area contributed by atoms with Crippen molar-refractivity contribution in [2.75, 3.05) is 27.2 Å². The molecule has 1 unspecified atom stereocenters. The van der Waals surface area contributed by atoms with Gasteiger partial charge < -0.3 is 25.0 Å². The van der Waals surface area contributed by atoms with Gasteiger partial charge in [0.15, 0.2) is 6.10 Å². The third-order valence-electron chi connectivity index (χ3n) is 9.95. The number of nitrogens with zero attached hydrogens (tertiary/aromatic N) is 3. The van der Waals surface area contributed by atoms with Crippen LogP contribution in [-0.2, 0) is 28.7 Å². The molecule has 12 nitrogen and oxygen atoms in total. The number of esters is 2. The first-order chi connectivity index (χ1) is 23.3. The molecule has 2 fully saturated rings. The summed E-state index contributed by atoms with van der Waals surface area (Å²) in [5.41, 5.74) is 0.232. The number of methoxy groups -OCH3 is 1. The SMILES string of the molecule is CCCCN1CCCCC1C(=O)N[C@H](C(=O)N(C)[C@H](C[C@@H](OC(C)=O)c1nc(C(=O)N[C@H]2CC[C@H](C(=O)OC)CC2)cs1)C(C)C)C(C)C. The number of carbonyl (C=O) groups excluding carboxylic acids is 5. The highest BCUT2D eigenvalue weighted by molar-refractivity contribution is 7.09. The summed E-state index contributed by atoms with van der Waals surface area (Å²) in [6.07, 6.45) is 7.09. The number of amides is 3. The summed E-state index contributed by atoms with van der Waals surface area (Å²) in [6.45, 7) is 13.1. The molecule has 0 spiro atoms. The summed E-state index contributed by atoms with van der Waals surface area (Å²) < 4.78 is 10.6. The van der Waals surface area contributed by atoms with Gasteiger partial charge in [-0.1, -0.05) is 47.5 Å². The monoisotopic (exact) mass is 705 g/mol. The molecule has 1 aromatic heterocycles. The molecule has 1 aromatic rings. The van der Waals surface area contributed by atoms with Crippen molar-refractivity contribution < 1.29 is 33.4 Å². The molecule has 0 aromatic carbocycles. The molecule has 2 aliphatic rings. The second-order valence-electron chi connectivity index (χ2n) is 14.3. The summed E-state index contributed by atoms with van der Waals surface area (Å²) in [7, 11) is 3.13. The number of likely N-dealkylation sites (N-methyl/N-ethyl adjacent to an activating group) is 1. The summed E-state index contributed by atoms with van der Waals surface area (Å²) in [6, 6.07) is -1.37. The number of thiazole rings is 1. The van der Waals surface area contributed by atoms with Crippen LogP contribution in [0.5, 0.6) is 0 Å². The quantitative estimate of drug-likeness (QED) is 0.230. The van der Waals surface area contributed by atoms with Crippen LogP contribution in [0.1, 0.15) is 127 Å². The van der Waals surface area contributed by atoms with Gasteiger partial charge in [-0.05, 0) is 69.9 Å². The van der Waals surface area contributed by atoms with Gasteiger partial charge in [-0.3, -0.25) is 28.9 Å². The number of carbonyl (C=O) groups is 5. The summed E-state index contributed by atoms with van der Waals surface area (Å²) in [5, 5.41) is 8.26. The maximum absolute atomic E-state index is 14.1. The van der Waals surface area contributed by atoms with Crippen molar-refractivity contribution in [2.24, 2.45) is 17.8 Å². The molecule has 3 rings (SSSR count). The lowest BCUT2D eigenvalue weighted by atomic mass is 9.86. The zero-order valence-corrected chi connectivity index (χ0v) is 31.6. The average Bonchev–Trinajstić information content (AvgIpc) is 3.57. The second kappa shape index (κ2) is 19.4. The Kier molecular flexibility index (Phi) is 16.0. The molecule has 3 amide bonds. The van der Waals surface area contributed by atoms with Gasteiger partial charge in [-0.25, -0.2) is 4.98 Å². The average molecular weight is 706 g/mol. The summed E-state index contributed by atoms with van der Waals surface area (Å²) in [5.74, 6) is -1.60. The van der Waals surface area contributed by atoms with Gasteiger partial charge in [-0.2, -0.15) is 0 Å². The van der Waals surface area contributed by atoms with E-state index in [0.717, 1.165) is 45.2 Å². The van der Waals surface area contributed by atoms with Crippen LogP contribution in [0.15, 0.2) is 5.38 Å². The van der Waals surface area contributed by atoms with E-state index in [0.29, 0.717) is 30.7 Å². The Morgan fingerprint density at radius 1 is 1.04 bits per heavy atom. The first-order valence-electron chi connectivity index (χ1n) is 18.1. The van der Waals surface area contributed by atoms with Crippen LogP contribution in [0.3, 0.4) is 0 Å². The second-order valence-corrected chi connectivity index (χ2v) is 15.2. The first-order valence-corrected chi connectivity index (χ1v) is 19.0. The molecule has 0 radical (unpaired) electrons. The maximum atomic E-state index is 14.1. The van der Waals surface area contributed by atoms with Crippen molar-refractivity contribution in [3.8, 4) is 0 Å². The van der Waals surface area contributed by atoms with E-state index in [1.807, 2.05) is 27.7 Å².